The summed E-state index contributed by atoms with van der Waals surface area (Å²) < 4.78 is 0. The third-order valence-electron chi connectivity index (χ3n) is 3.78. The number of carbonyl (C=O) groups is 2. The summed E-state index contributed by atoms with van der Waals surface area (Å²) in [5.74, 6) is 0.934. The Morgan fingerprint density at radius 1 is 1.21 bits per heavy atom. The van der Waals surface area contributed by atoms with E-state index in [1.807, 2.05) is 26.0 Å². The molecule has 1 aromatic heterocycles. The van der Waals surface area contributed by atoms with Crippen molar-refractivity contribution in [3.05, 3.63) is 23.9 Å². The average molecular weight is 333 g/mol. The Hall–Kier alpha value is -2.31. The van der Waals surface area contributed by atoms with Gasteiger partial charge < -0.3 is 20.9 Å². The summed E-state index contributed by atoms with van der Waals surface area (Å²) in [6.07, 6.45) is 4.52. The fraction of sp³-hybridized carbons (Fsp3) is 0.588. The van der Waals surface area contributed by atoms with Gasteiger partial charge in [-0.2, -0.15) is 0 Å². The molecule has 0 saturated carbocycles. The van der Waals surface area contributed by atoms with Crippen LogP contribution < -0.4 is 20.9 Å². The lowest BCUT2D eigenvalue weighted by Crippen LogP contribution is -2.38. The van der Waals surface area contributed by atoms with Crippen LogP contribution in [0, 0.1) is 0 Å². The zero-order valence-electron chi connectivity index (χ0n) is 14.5. The molecule has 1 aliphatic rings. The first-order valence-corrected chi connectivity index (χ1v) is 8.55. The molecule has 0 atom stereocenters. The number of urea groups is 1. The van der Waals surface area contributed by atoms with Crippen LogP contribution in [0.15, 0.2) is 18.3 Å². The minimum Gasteiger partial charge on any atom is -0.357 e. The standard InChI is InChI=1S/C17H27N5O2/c1-13(2)21-16(23)7-8-18-17(24)20-12-14-5-6-15(19-11-14)22-9-3-4-10-22/h5-6,11,13H,3-4,7-10,12H2,1-2H3,(H,21,23)(H2,18,20,24). The molecule has 2 heterocycles. The average Bonchev–Trinajstić information content (AvgIpc) is 3.07. The number of rotatable bonds is 7. The zero-order chi connectivity index (χ0) is 17.4. The summed E-state index contributed by atoms with van der Waals surface area (Å²) >= 11 is 0. The van der Waals surface area contributed by atoms with Crippen molar-refractivity contribution in [3.63, 3.8) is 0 Å². The Balaban J connectivity index is 1.65. The van der Waals surface area contributed by atoms with E-state index in [0.717, 1.165) is 24.5 Å². The largest absolute Gasteiger partial charge is 0.357 e. The van der Waals surface area contributed by atoms with Crippen LogP contribution in [0.3, 0.4) is 0 Å². The molecular formula is C17H27N5O2. The number of hydrogen-bond acceptors (Lipinski definition) is 4. The highest BCUT2D eigenvalue weighted by molar-refractivity contribution is 5.78. The Labute approximate surface area is 143 Å². The molecule has 2 rings (SSSR count). The van der Waals surface area contributed by atoms with Crippen molar-refractivity contribution >= 4 is 17.8 Å². The summed E-state index contributed by atoms with van der Waals surface area (Å²) in [5.41, 5.74) is 0.950. The monoisotopic (exact) mass is 333 g/mol. The van der Waals surface area contributed by atoms with Crippen molar-refractivity contribution in [2.24, 2.45) is 0 Å². The van der Waals surface area contributed by atoms with E-state index in [2.05, 4.69) is 25.8 Å². The van der Waals surface area contributed by atoms with E-state index in [1.165, 1.54) is 12.8 Å². The van der Waals surface area contributed by atoms with Crippen LogP contribution in [0.1, 0.15) is 38.7 Å². The topological polar surface area (TPSA) is 86.4 Å². The zero-order valence-corrected chi connectivity index (χ0v) is 14.5. The predicted molar refractivity (Wildman–Crippen MR) is 93.8 cm³/mol. The van der Waals surface area contributed by atoms with Gasteiger partial charge in [0.15, 0.2) is 0 Å². The molecule has 0 spiro atoms. The Morgan fingerprint density at radius 3 is 2.58 bits per heavy atom. The molecule has 132 valence electrons. The predicted octanol–water partition coefficient (Wildman–Crippen LogP) is 1.40. The molecule has 0 bridgehead atoms. The highest BCUT2D eigenvalue weighted by atomic mass is 16.2. The van der Waals surface area contributed by atoms with Crippen molar-refractivity contribution in [3.8, 4) is 0 Å². The van der Waals surface area contributed by atoms with E-state index in [1.54, 1.807) is 6.20 Å². The SMILES string of the molecule is CC(C)NC(=O)CCNC(=O)NCc1ccc(N2CCCC2)nc1. The fourth-order valence-corrected chi connectivity index (χ4v) is 2.58. The molecule has 0 aromatic carbocycles. The third kappa shape index (κ3) is 6.06. The lowest BCUT2D eigenvalue weighted by atomic mass is 10.3. The molecule has 0 radical (unpaired) electrons. The van der Waals surface area contributed by atoms with E-state index in [4.69, 9.17) is 0 Å². The molecule has 0 unspecified atom stereocenters. The van der Waals surface area contributed by atoms with Gasteiger partial charge in [0.2, 0.25) is 5.91 Å². The molecule has 1 fully saturated rings. The van der Waals surface area contributed by atoms with Gasteiger partial charge in [0.05, 0.1) is 0 Å². The Kier molecular flexibility index (Phi) is 6.84. The Bertz CT molecular complexity index is 538. The number of nitrogens with zero attached hydrogens (tertiary/aromatic N) is 2. The van der Waals surface area contributed by atoms with Crippen LogP contribution in [0.25, 0.3) is 0 Å². The van der Waals surface area contributed by atoms with E-state index >= 15 is 0 Å². The number of anilines is 1. The molecular weight excluding hydrogens is 306 g/mol. The van der Waals surface area contributed by atoms with Gasteiger partial charge in [0, 0.05) is 44.8 Å². The van der Waals surface area contributed by atoms with Crippen LogP contribution in [-0.4, -0.2) is 42.6 Å². The van der Waals surface area contributed by atoms with Crippen molar-refractivity contribution in [2.75, 3.05) is 24.5 Å². The van der Waals surface area contributed by atoms with Gasteiger partial charge in [-0.1, -0.05) is 6.07 Å². The third-order valence-corrected chi connectivity index (χ3v) is 3.78. The molecule has 7 heteroatoms. The first-order chi connectivity index (χ1) is 11.5. The number of hydrogen-bond donors (Lipinski definition) is 3. The van der Waals surface area contributed by atoms with E-state index in [-0.39, 0.29) is 24.4 Å². The first-order valence-electron chi connectivity index (χ1n) is 8.55. The molecule has 7 nitrogen and oxygen atoms in total. The summed E-state index contributed by atoms with van der Waals surface area (Å²) in [6, 6.07) is 3.81. The highest BCUT2D eigenvalue weighted by Gasteiger charge is 2.13. The van der Waals surface area contributed by atoms with Gasteiger partial charge in [-0.3, -0.25) is 4.79 Å². The van der Waals surface area contributed by atoms with Crippen LogP contribution in [0.2, 0.25) is 0 Å². The molecule has 1 aromatic rings. The van der Waals surface area contributed by atoms with Gasteiger partial charge in [-0.05, 0) is 38.3 Å². The first kappa shape index (κ1) is 18.0. The number of nitrogens with one attached hydrogen (secondary N) is 3. The van der Waals surface area contributed by atoms with Crippen LogP contribution in [-0.2, 0) is 11.3 Å². The smallest absolute Gasteiger partial charge is 0.315 e. The van der Waals surface area contributed by atoms with Gasteiger partial charge in [-0.15, -0.1) is 0 Å². The second kappa shape index (κ2) is 9.10. The van der Waals surface area contributed by atoms with Crippen LogP contribution in [0.5, 0.6) is 0 Å². The lowest BCUT2D eigenvalue weighted by Gasteiger charge is -2.16. The fourth-order valence-electron chi connectivity index (χ4n) is 2.58. The highest BCUT2D eigenvalue weighted by Crippen LogP contribution is 2.17. The second-order valence-electron chi connectivity index (χ2n) is 6.30. The van der Waals surface area contributed by atoms with Gasteiger partial charge >= 0.3 is 6.03 Å². The van der Waals surface area contributed by atoms with Crippen molar-refractivity contribution in [2.45, 2.75) is 45.7 Å². The number of amides is 3. The molecule has 3 amide bonds. The van der Waals surface area contributed by atoms with Crippen molar-refractivity contribution in [1.29, 1.82) is 0 Å². The van der Waals surface area contributed by atoms with Gasteiger partial charge in [0.1, 0.15) is 5.82 Å². The maximum absolute atomic E-state index is 11.7. The summed E-state index contributed by atoms with van der Waals surface area (Å²) in [6.45, 7) is 6.67. The number of carbonyl (C=O) groups excluding carboxylic acids is 2. The van der Waals surface area contributed by atoms with Crippen molar-refractivity contribution in [1.82, 2.24) is 20.9 Å². The molecule has 3 N–H and O–H groups in total. The summed E-state index contributed by atoms with van der Waals surface area (Å²) in [7, 11) is 0. The van der Waals surface area contributed by atoms with E-state index in [9.17, 15) is 9.59 Å². The number of aromatic nitrogens is 1. The van der Waals surface area contributed by atoms with Crippen molar-refractivity contribution < 1.29 is 9.59 Å². The normalized spacial score (nSPS) is 13.9. The molecule has 1 aliphatic heterocycles. The molecule has 1 saturated heterocycles. The maximum atomic E-state index is 11.7. The maximum Gasteiger partial charge on any atom is 0.315 e. The molecule has 24 heavy (non-hydrogen) atoms. The van der Waals surface area contributed by atoms with Gasteiger partial charge in [0.25, 0.3) is 0 Å². The van der Waals surface area contributed by atoms with Crippen LogP contribution in [0.4, 0.5) is 10.6 Å². The number of pyridine rings is 1. The van der Waals surface area contributed by atoms with Gasteiger partial charge in [-0.25, -0.2) is 9.78 Å². The van der Waals surface area contributed by atoms with Crippen LogP contribution >= 0.6 is 0 Å². The summed E-state index contributed by atoms with van der Waals surface area (Å²) in [5, 5.41) is 8.22. The minimum absolute atomic E-state index is 0.0630. The van der Waals surface area contributed by atoms with E-state index in [0.29, 0.717) is 13.1 Å². The second-order valence-corrected chi connectivity index (χ2v) is 6.30. The Morgan fingerprint density at radius 2 is 1.96 bits per heavy atom. The lowest BCUT2D eigenvalue weighted by molar-refractivity contribution is -0.121. The molecule has 0 aliphatic carbocycles. The quantitative estimate of drug-likeness (QED) is 0.704. The van der Waals surface area contributed by atoms with E-state index < -0.39 is 0 Å². The summed E-state index contributed by atoms with van der Waals surface area (Å²) in [4.78, 5) is 29.9. The minimum atomic E-state index is -0.282.